The lowest BCUT2D eigenvalue weighted by Gasteiger charge is -2.14. The molecule has 0 aliphatic heterocycles. The lowest BCUT2D eigenvalue weighted by Crippen LogP contribution is -2.19. The van der Waals surface area contributed by atoms with E-state index in [0.717, 1.165) is 19.4 Å². The van der Waals surface area contributed by atoms with Crippen LogP contribution in [0.25, 0.3) is 11.1 Å². The molecule has 1 heteroatoms. The van der Waals surface area contributed by atoms with E-state index in [-0.39, 0.29) is 0 Å². The highest BCUT2D eigenvalue weighted by Gasteiger charge is 2.04. The van der Waals surface area contributed by atoms with E-state index in [1.807, 2.05) is 6.07 Å². The van der Waals surface area contributed by atoms with E-state index in [0.29, 0.717) is 6.04 Å². The molecular weight excluding hydrogens is 242 g/mol. The molecule has 2 rings (SSSR count). The SMILES string of the molecule is C#CCCCNC(C)c1ccc(-c2ccccc2)cc1. The van der Waals surface area contributed by atoms with Gasteiger partial charge in [0, 0.05) is 12.5 Å². The zero-order valence-electron chi connectivity index (χ0n) is 12.0. The predicted octanol–water partition coefficient (Wildman–Crippen LogP) is 4.42. The Morgan fingerprint density at radius 1 is 1.00 bits per heavy atom. The van der Waals surface area contributed by atoms with Gasteiger partial charge in [0.15, 0.2) is 0 Å². The summed E-state index contributed by atoms with van der Waals surface area (Å²) in [5, 5.41) is 3.50. The Bertz CT molecular complexity index is 549. The number of benzene rings is 2. The van der Waals surface area contributed by atoms with Crippen molar-refractivity contribution in [3.63, 3.8) is 0 Å². The molecule has 2 aromatic rings. The minimum absolute atomic E-state index is 0.359. The second-order valence-electron chi connectivity index (χ2n) is 4.97. The molecule has 1 N–H and O–H groups in total. The topological polar surface area (TPSA) is 12.0 Å². The molecule has 0 amide bonds. The summed E-state index contributed by atoms with van der Waals surface area (Å²) in [6.07, 6.45) is 7.12. The zero-order valence-corrected chi connectivity index (χ0v) is 12.0. The fraction of sp³-hybridized carbons (Fsp3) is 0.263. The van der Waals surface area contributed by atoms with Crippen LogP contribution in [0.3, 0.4) is 0 Å². The van der Waals surface area contributed by atoms with Gasteiger partial charge in [-0.05, 0) is 36.6 Å². The van der Waals surface area contributed by atoms with Gasteiger partial charge in [-0.3, -0.25) is 0 Å². The van der Waals surface area contributed by atoms with Crippen LogP contribution in [0.2, 0.25) is 0 Å². The van der Waals surface area contributed by atoms with Crippen LogP contribution in [0, 0.1) is 12.3 Å². The van der Waals surface area contributed by atoms with Crippen LogP contribution in [-0.4, -0.2) is 6.54 Å². The summed E-state index contributed by atoms with van der Waals surface area (Å²) in [5.41, 5.74) is 3.83. The van der Waals surface area contributed by atoms with Crippen molar-refractivity contribution in [2.75, 3.05) is 6.54 Å². The monoisotopic (exact) mass is 263 g/mol. The van der Waals surface area contributed by atoms with Gasteiger partial charge in [-0.2, -0.15) is 0 Å². The van der Waals surface area contributed by atoms with Crippen molar-refractivity contribution in [1.29, 1.82) is 0 Å². The van der Waals surface area contributed by atoms with E-state index in [1.165, 1.54) is 16.7 Å². The first kappa shape index (κ1) is 14.4. The van der Waals surface area contributed by atoms with Crippen LogP contribution < -0.4 is 5.32 Å². The second kappa shape index (κ2) is 7.53. The van der Waals surface area contributed by atoms with Crippen molar-refractivity contribution < 1.29 is 0 Å². The van der Waals surface area contributed by atoms with Crippen molar-refractivity contribution in [2.24, 2.45) is 0 Å². The zero-order chi connectivity index (χ0) is 14.2. The van der Waals surface area contributed by atoms with Gasteiger partial charge in [0.1, 0.15) is 0 Å². The highest BCUT2D eigenvalue weighted by atomic mass is 14.9. The summed E-state index contributed by atoms with van der Waals surface area (Å²) in [6, 6.07) is 19.6. The largest absolute Gasteiger partial charge is 0.310 e. The molecule has 0 aliphatic carbocycles. The Labute approximate surface area is 122 Å². The minimum Gasteiger partial charge on any atom is -0.310 e. The Morgan fingerprint density at radius 3 is 2.30 bits per heavy atom. The average molecular weight is 263 g/mol. The van der Waals surface area contributed by atoms with Gasteiger partial charge in [-0.25, -0.2) is 0 Å². The summed E-state index contributed by atoms with van der Waals surface area (Å²) < 4.78 is 0. The number of unbranched alkanes of at least 4 members (excludes halogenated alkanes) is 1. The maximum atomic E-state index is 5.25. The third-order valence-electron chi connectivity index (χ3n) is 3.47. The van der Waals surface area contributed by atoms with Crippen LogP contribution in [0.5, 0.6) is 0 Å². The molecule has 0 spiro atoms. The lowest BCUT2D eigenvalue weighted by atomic mass is 10.0. The molecule has 0 radical (unpaired) electrons. The molecule has 0 saturated carbocycles. The average Bonchev–Trinajstić information content (AvgIpc) is 2.52. The Hall–Kier alpha value is -2.04. The van der Waals surface area contributed by atoms with Crippen LogP contribution >= 0.6 is 0 Å². The molecule has 102 valence electrons. The fourth-order valence-corrected chi connectivity index (χ4v) is 2.22. The van der Waals surface area contributed by atoms with E-state index in [4.69, 9.17) is 6.42 Å². The van der Waals surface area contributed by atoms with E-state index in [9.17, 15) is 0 Å². The Kier molecular flexibility index (Phi) is 5.41. The fourth-order valence-electron chi connectivity index (χ4n) is 2.22. The third-order valence-corrected chi connectivity index (χ3v) is 3.47. The summed E-state index contributed by atoms with van der Waals surface area (Å²) in [4.78, 5) is 0. The molecule has 1 unspecified atom stereocenters. The predicted molar refractivity (Wildman–Crippen MR) is 86.4 cm³/mol. The third kappa shape index (κ3) is 3.98. The van der Waals surface area contributed by atoms with E-state index in [1.54, 1.807) is 0 Å². The summed E-state index contributed by atoms with van der Waals surface area (Å²) in [6.45, 7) is 3.15. The molecule has 0 heterocycles. The van der Waals surface area contributed by atoms with Crippen LogP contribution in [0.15, 0.2) is 54.6 Å². The number of rotatable bonds is 6. The van der Waals surface area contributed by atoms with Crippen molar-refractivity contribution in [2.45, 2.75) is 25.8 Å². The lowest BCUT2D eigenvalue weighted by molar-refractivity contribution is 0.563. The normalized spacial score (nSPS) is 11.8. The first-order chi connectivity index (χ1) is 9.81. The van der Waals surface area contributed by atoms with E-state index >= 15 is 0 Å². The number of nitrogens with one attached hydrogen (secondary N) is 1. The van der Waals surface area contributed by atoms with Gasteiger partial charge in [-0.15, -0.1) is 12.3 Å². The molecule has 20 heavy (non-hydrogen) atoms. The minimum atomic E-state index is 0.359. The molecule has 2 aromatic carbocycles. The van der Waals surface area contributed by atoms with Gasteiger partial charge in [-0.1, -0.05) is 54.6 Å². The molecule has 0 aromatic heterocycles. The Morgan fingerprint density at radius 2 is 1.65 bits per heavy atom. The molecule has 0 aliphatic rings. The number of terminal acetylenes is 1. The maximum Gasteiger partial charge on any atom is 0.0291 e. The molecule has 0 bridgehead atoms. The highest BCUT2D eigenvalue weighted by Crippen LogP contribution is 2.21. The molecule has 1 nitrogen and oxygen atoms in total. The molecule has 0 saturated heterocycles. The molecule has 1 atom stereocenters. The van der Waals surface area contributed by atoms with Crippen LogP contribution in [0.4, 0.5) is 0 Å². The quantitative estimate of drug-likeness (QED) is 0.601. The van der Waals surface area contributed by atoms with Gasteiger partial charge in [0.2, 0.25) is 0 Å². The Balaban J connectivity index is 1.96. The highest BCUT2D eigenvalue weighted by molar-refractivity contribution is 5.63. The van der Waals surface area contributed by atoms with Gasteiger partial charge < -0.3 is 5.32 Å². The van der Waals surface area contributed by atoms with Crippen molar-refractivity contribution >= 4 is 0 Å². The summed E-state index contributed by atoms with van der Waals surface area (Å²) in [7, 11) is 0. The molecular formula is C19H21N. The second-order valence-corrected chi connectivity index (χ2v) is 4.97. The maximum absolute atomic E-state index is 5.25. The smallest absolute Gasteiger partial charge is 0.0291 e. The number of hydrogen-bond donors (Lipinski definition) is 1. The van der Waals surface area contributed by atoms with Crippen molar-refractivity contribution in [1.82, 2.24) is 5.32 Å². The number of hydrogen-bond acceptors (Lipinski definition) is 1. The van der Waals surface area contributed by atoms with Gasteiger partial charge in [0.25, 0.3) is 0 Å². The van der Waals surface area contributed by atoms with Gasteiger partial charge in [0.05, 0.1) is 0 Å². The van der Waals surface area contributed by atoms with Crippen molar-refractivity contribution in [3.05, 3.63) is 60.2 Å². The van der Waals surface area contributed by atoms with E-state index < -0.39 is 0 Å². The van der Waals surface area contributed by atoms with Crippen LogP contribution in [0.1, 0.15) is 31.4 Å². The first-order valence-electron chi connectivity index (χ1n) is 7.13. The van der Waals surface area contributed by atoms with Gasteiger partial charge >= 0.3 is 0 Å². The first-order valence-corrected chi connectivity index (χ1v) is 7.13. The van der Waals surface area contributed by atoms with E-state index in [2.05, 4.69) is 66.7 Å². The molecule has 0 fully saturated rings. The van der Waals surface area contributed by atoms with Crippen molar-refractivity contribution in [3.8, 4) is 23.5 Å². The standard InChI is InChI=1S/C19H21N/c1-3-4-8-15-20-16(2)17-11-13-19(14-12-17)18-9-6-5-7-10-18/h1,5-7,9-14,16,20H,4,8,15H2,2H3. The summed E-state index contributed by atoms with van der Waals surface area (Å²) in [5.74, 6) is 2.67. The van der Waals surface area contributed by atoms with Crippen LogP contribution in [-0.2, 0) is 0 Å². The summed E-state index contributed by atoms with van der Waals surface area (Å²) >= 11 is 0.